The lowest BCUT2D eigenvalue weighted by Gasteiger charge is -2.29. The van der Waals surface area contributed by atoms with E-state index < -0.39 is 65.8 Å². The van der Waals surface area contributed by atoms with Crippen LogP contribution >= 0.6 is 0 Å². The number of para-hydroxylation sites is 2. The zero-order valence-corrected chi connectivity index (χ0v) is 33.6. The first kappa shape index (κ1) is 43.1. The average molecular weight is 819 g/mol. The van der Waals surface area contributed by atoms with E-state index in [4.69, 9.17) is 17.2 Å². The number of nitrogens with zero attached hydrogens (tertiary/aromatic N) is 1. The quantitative estimate of drug-likeness (QED) is 0.0514. The van der Waals surface area contributed by atoms with E-state index in [1.54, 1.807) is 24.5 Å². The highest BCUT2D eigenvalue weighted by molar-refractivity contribution is 5.97. The van der Waals surface area contributed by atoms with Gasteiger partial charge in [0.05, 0.1) is 6.04 Å². The molecule has 0 radical (unpaired) electrons. The predicted molar refractivity (Wildman–Crippen MR) is 228 cm³/mol. The summed E-state index contributed by atoms with van der Waals surface area (Å²) in [5.41, 5.74) is 21.3. The molecule has 0 bridgehead atoms. The van der Waals surface area contributed by atoms with Gasteiger partial charge in [0.25, 0.3) is 0 Å². The Labute approximate surface area is 347 Å². The number of carbonyl (C=O) groups is 6. The van der Waals surface area contributed by atoms with Crippen LogP contribution in [0.1, 0.15) is 49.3 Å². The molecule has 16 heteroatoms. The number of nitrogens with one attached hydrogen (secondary N) is 6. The van der Waals surface area contributed by atoms with Crippen LogP contribution < -0.4 is 38.5 Å². The van der Waals surface area contributed by atoms with Crippen molar-refractivity contribution in [1.29, 1.82) is 0 Å². The van der Waals surface area contributed by atoms with Gasteiger partial charge in [0.2, 0.25) is 35.4 Å². The van der Waals surface area contributed by atoms with Gasteiger partial charge in [-0.2, -0.15) is 0 Å². The summed E-state index contributed by atoms with van der Waals surface area (Å²) < 4.78 is 0. The van der Waals surface area contributed by atoms with Crippen molar-refractivity contribution in [2.45, 2.75) is 88.1 Å². The molecule has 3 heterocycles. The van der Waals surface area contributed by atoms with Crippen molar-refractivity contribution < 1.29 is 28.8 Å². The molecular weight excluding hydrogens is 765 g/mol. The van der Waals surface area contributed by atoms with E-state index in [9.17, 15) is 28.8 Å². The molecule has 1 saturated heterocycles. The Kier molecular flexibility index (Phi) is 14.3. The third-order valence-corrected chi connectivity index (χ3v) is 11.1. The summed E-state index contributed by atoms with van der Waals surface area (Å²) in [5, 5.41) is 12.9. The third kappa shape index (κ3) is 10.6. The summed E-state index contributed by atoms with van der Waals surface area (Å²) in [6, 6.07) is 18.0. The number of hydrogen-bond donors (Lipinski definition) is 9. The average Bonchev–Trinajstić information content (AvgIpc) is 3.95. The lowest BCUT2D eigenvalue weighted by atomic mass is 10.0. The van der Waals surface area contributed by atoms with Crippen LogP contribution in [0, 0.1) is 0 Å². The number of primary amides is 1. The monoisotopic (exact) mass is 818 g/mol. The second-order valence-electron chi connectivity index (χ2n) is 15.4. The predicted octanol–water partition coefficient (Wildman–Crippen LogP) is 1.18. The van der Waals surface area contributed by atoms with Crippen LogP contribution in [0.15, 0.2) is 91.3 Å². The summed E-state index contributed by atoms with van der Waals surface area (Å²) >= 11 is 0. The van der Waals surface area contributed by atoms with E-state index in [0.717, 1.165) is 38.5 Å². The molecule has 3 aromatic carbocycles. The second kappa shape index (κ2) is 20.0. The Morgan fingerprint density at radius 2 is 1.25 bits per heavy atom. The fraction of sp³-hybridized carbons (Fsp3) is 0.364. The summed E-state index contributed by atoms with van der Waals surface area (Å²) in [6.45, 7) is 2.18. The minimum absolute atomic E-state index is 0.0221. The number of benzene rings is 3. The van der Waals surface area contributed by atoms with Crippen molar-refractivity contribution in [2.24, 2.45) is 17.2 Å². The van der Waals surface area contributed by atoms with Crippen LogP contribution in [0.25, 0.3) is 21.8 Å². The molecule has 5 aromatic rings. The molecule has 2 aromatic heterocycles. The molecule has 16 nitrogen and oxygen atoms in total. The highest BCUT2D eigenvalue weighted by Gasteiger charge is 2.39. The minimum atomic E-state index is -1.22. The fourth-order valence-corrected chi connectivity index (χ4v) is 7.67. The SMILES string of the molecule is CC(NC(=O)C(Cc1c[nH]c2ccccc12)N1CCC(N)C1=O)C(=O)NC(Cc1c[nH]c2ccccc12)C(=O)NC(Cc1ccccc1)C(=O)NC(CCCCN)C(N)=O. The number of aromatic nitrogens is 2. The van der Waals surface area contributed by atoms with Crippen LogP contribution in [0.3, 0.4) is 0 Å². The molecule has 0 spiro atoms. The van der Waals surface area contributed by atoms with Crippen molar-refractivity contribution in [3.05, 3.63) is 108 Å². The van der Waals surface area contributed by atoms with Crippen molar-refractivity contribution in [2.75, 3.05) is 13.1 Å². The van der Waals surface area contributed by atoms with Gasteiger partial charge in [-0.25, -0.2) is 0 Å². The van der Waals surface area contributed by atoms with Crippen molar-refractivity contribution in [3.8, 4) is 0 Å². The number of amides is 6. The number of fused-ring (bicyclic) bond motifs is 2. The molecule has 1 fully saturated rings. The molecule has 0 aliphatic carbocycles. The van der Waals surface area contributed by atoms with Crippen molar-refractivity contribution >= 4 is 57.2 Å². The Hall–Kier alpha value is -6.52. The standard InChI is InChI=1S/C44H54N10O6/c1-26(50-43(59)38(54-20-18-32(46)44(54)60)23-29-25-49-34-16-8-6-14-31(29)34)40(56)52-37(22-28-24-48-33-15-7-5-13-30(28)33)42(58)53-36(21-27-11-3-2-4-12-27)41(57)51-35(39(47)55)17-9-10-19-45/h2-8,11-16,24-26,32,35-38,48-49H,9-10,17-23,45-46H2,1H3,(H2,47,55)(H,50,59)(H,51,57)(H,52,56)(H,53,58). The zero-order valence-electron chi connectivity index (χ0n) is 33.6. The van der Waals surface area contributed by atoms with Crippen LogP contribution in [-0.2, 0) is 48.0 Å². The van der Waals surface area contributed by atoms with Crippen LogP contribution in [-0.4, -0.2) is 99.7 Å². The van der Waals surface area contributed by atoms with Gasteiger partial charge in [-0.15, -0.1) is 0 Å². The number of aromatic amines is 2. The molecule has 6 unspecified atom stereocenters. The van der Waals surface area contributed by atoms with Gasteiger partial charge in [-0.3, -0.25) is 28.8 Å². The Morgan fingerprint density at radius 1 is 0.700 bits per heavy atom. The first-order valence-electron chi connectivity index (χ1n) is 20.3. The Bertz CT molecular complexity index is 2310. The number of carbonyl (C=O) groups excluding carboxylic acids is 6. The van der Waals surface area contributed by atoms with Gasteiger partial charge in [-0.05, 0) is 68.0 Å². The summed E-state index contributed by atoms with van der Waals surface area (Å²) in [6.07, 6.45) is 5.67. The number of unbranched alkanes of at least 4 members (excludes halogenated alkanes) is 1. The number of H-pyrrole nitrogens is 2. The summed E-state index contributed by atoms with van der Waals surface area (Å²) in [5.74, 6) is -3.59. The third-order valence-electron chi connectivity index (χ3n) is 11.1. The molecule has 1 aliphatic heterocycles. The lowest BCUT2D eigenvalue weighted by molar-refractivity contribution is -0.139. The molecule has 1 aliphatic rings. The Balaban J connectivity index is 1.23. The maximum absolute atomic E-state index is 14.4. The maximum Gasteiger partial charge on any atom is 0.243 e. The van der Waals surface area contributed by atoms with Gasteiger partial charge in [-0.1, -0.05) is 66.7 Å². The molecule has 60 heavy (non-hydrogen) atoms. The van der Waals surface area contributed by atoms with Crippen molar-refractivity contribution in [1.82, 2.24) is 36.1 Å². The van der Waals surface area contributed by atoms with Crippen LogP contribution in [0.5, 0.6) is 0 Å². The first-order valence-corrected chi connectivity index (χ1v) is 20.3. The molecule has 0 saturated carbocycles. The van der Waals surface area contributed by atoms with Gasteiger partial charge >= 0.3 is 0 Å². The van der Waals surface area contributed by atoms with Crippen LogP contribution in [0.4, 0.5) is 0 Å². The number of hydrogen-bond acceptors (Lipinski definition) is 8. The normalized spacial score (nSPS) is 16.5. The van der Waals surface area contributed by atoms with E-state index in [1.165, 1.54) is 11.8 Å². The van der Waals surface area contributed by atoms with E-state index >= 15 is 0 Å². The van der Waals surface area contributed by atoms with E-state index in [0.29, 0.717) is 25.8 Å². The zero-order chi connectivity index (χ0) is 42.8. The minimum Gasteiger partial charge on any atom is -0.368 e. The van der Waals surface area contributed by atoms with Gasteiger partial charge < -0.3 is 53.3 Å². The largest absolute Gasteiger partial charge is 0.368 e. The highest BCUT2D eigenvalue weighted by atomic mass is 16.2. The highest BCUT2D eigenvalue weighted by Crippen LogP contribution is 2.24. The molecule has 316 valence electrons. The van der Waals surface area contributed by atoms with Gasteiger partial charge in [0.15, 0.2) is 0 Å². The van der Waals surface area contributed by atoms with Crippen LogP contribution in [0.2, 0.25) is 0 Å². The number of likely N-dealkylation sites (tertiary alicyclic amines) is 1. The van der Waals surface area contributed by atoms with E-state index in [-0.39, 0.29) is 38.1 Å². The van der Waals surface area contributed by atoms with Gasteiger partial charge in [0.1, 0.15) is 30.2 Å². The first-order chi connectivity index (χ1) is 28.9. The van der Waals surface area contributed by atoms with Gasteiger partial charge in [0, 0.05) is 60.0 Å². The van der Waals surface area contributed by atoms with E-state index in [1.807, 2.05) is 66.7 Å². The fourth-order valence-electron chi connectivity index (χ4n) is 7.67. The number of nitrogens with two attached hydrogens (primary N) is 3. The number of rotatable bonds is 20. The summed E-state index contributed by atoms with van der Waals surface area (Å²) in [4.78, 5) is 89.7. The second-order valence-corrected chi connectivity index (χ2v) is 15.4. The molecule has 12 N–H and O–H groups in total. The summed E-state index contributed by atoms with van der Waals surface area (Å²) in [7, 11) is 0. The lowest BCUT2D eigenvalue weighted by Crippen LogP contribution is -2.59. The Morgan fingerprint density at radius 3 is 1.83 bits per heavy atom. The maximum atomic E-state index is 14.4. The molecular formula is C44H54N10O6. The van der Waals surface area contributed by atoms with E-state index in [2.05, 4.69) is 31.2 Å². The topological polar surface area (TPSA) is 263 Å². The van der Waals surface area contributed by atoms with Crippen molar-refractivity contribution in [3.63, 3.8) is 0 Å². The smallest absolute Gasteiger partial charge is 0.243 e. The molecule has 6 rings (SSSR count). The molecule has 6 atom stereocenters. The molecule has 6 amide bonds.